The molecule has 0 fully saturated rings. The lowest BCUT2D eigenvalue weighted by Crippen LogP contribution is -2.16. The molecule has 0 aliphatic carbocycles. The molecule has 0 unspecified atom stereocenters. The fourth-order valence-electron chi connectivity index (χ4n) is 1.20. The average molecular weight is 231 g/mol. The smallest absolute Gasteiger partial charge is 0.125 e. The molecule has 76 valence electrons. The highest BCUT2D eigenvalue weighted by molar-refractivity contribution is 6.35. The second kappa shape index (κ2) is 4.33. The number of rotatable bonds is 3. The topological polar surface area (TPSA) is 17.1 Å². The van der Waals surface area contributed by atoms with Crippen LogP contribution in [0.3, 0.4) is 0 Å². The molecular formula is C11H12Cl2O. The number of carbonyl (C=O) groups is 1. The highest BCUT2D eigenvalue weighted by Gasteiger charge is 2.18. The van der Waals surface area contributed by atoms with Gasteiger partial charge in [-0.05, 0) is 24.1 Å². The Labute approximate surface area is 94.0 Å². The van der Waals surface area contributed by atoms with Crippen molar-refractivity contribution < 1.29 is 4.79 Å². The Hall–Kier alpha value is -0.530. The lowest BCUT2D eigenvalue weighted by Gasteiger charge is -2.17. The van der Waals surface area contributed by atoms with Gasteiger partial charge in [0.1, 0.15) is 6.29 Å². The van der Waals surface area contributed by atoms with Crippen LogP contribution in [0.4, 0.5) is 0 Å². The number of carbonyl (C=O) groups excluding carboxylic acids is 1. The van der Waals surface area contributed by atoms with E-state index < -0.39 is 0 Å². The van der Waals surface area contributed by atoms with E-state index in [1.165, 1.54) is 0 Å². The minimum atomic E-state index is -0.378. The summed E-state index contributed by atoms with van der Waals surface area (Å²) in [6.45, 7) is 3.76. The summed E-state index contributed by atoms with van der Waals surface area (Å²) in [5.74, 6) is 0. The van der Waals surface area contributed by atoms with Crippen LogP contribution in [-0.4, -0.2) is 6.29 Å². The van der Waals surface area contributed by atoms with Crippen LogP contribution in [0.1, 0.15) is 19.4 Å². The van der Waals surface area contributed by atoms with Crippen LogP contribution in [0.5, 0.6) is 0 Å². The molecule has 0 N–H and O–H groups in total. The third kappa shape index (κ3) is 3.00. The number of benzene rings is 1. The average Bonchev–Trinajstić information content (AvgIpc) is 2.10. The standard InChI is InChI=1S/C11H12Cl2O/c1-11(2,7-14)6-8-3-4-9(12)5-10(8)13/h3-5,7H,6H2,1-2H3. The fourth-order valence-corrected chi connectivity index (χ4v) is 1.67. The quantitative estimate of drug-likeness (QED) is 0.724. The highest BCUT2D eigenvalue weighted by Crippen LogP contribution is 2.27. The van der Waals surface area contributed by atoms with Crippen LogP contribution in [-0.2, 0) is 11.2 Å². The van der Waals surface area contributed by atoms with Crippen molar-refractivity contribution in [2.24, 2.45) is 5.41 Å². The molecule has 0 bridgehead atoms. The van der Waals surface area contributed by atoms with E-state index in [1.807, 2.05) is 19.9 Å². The van der Waals surface area contributed by atoms with Gasteiger partial charge in [0.05, 0.1) is 0 Å². The Balaban J connectivity index is 2.92. The molecule has 0 spiro atoms. The number of hydrogen-bond donors (Lipinski definition) is 0. The van der Waals surface area contributed by atoms with Gasteiger partial charge in [-0.15, -0.1) is 0 Å². The minimum Gasteiger partial charge on any atom is -0.303 e. The molecule has 1 rings (SSSR count). The SMILES string of the molecule is CC(C)(C=O)Cc1ccc(Cl)cc1Cl. The van der Waals surface area contributed by atoms with Crippen molar-refractivity contribution in [3.8, 4) is 0 Å². The molecular weight excluding hydrogens is 219 g/mol. The first kappa shape index (κ1) is 11.5. The largest absolute Gasteiger partial charge is 0.303 e. The summed E-state index contributed by atoms with van der Waals surface area (Å²) in [6.07, 6.45) is 1.57. The highest BCUT2D eigenvalue weighted by atomic mass is 35.5. The maximum atomic E-state index is 10.7. The van der Waals surface area contributed by atoms with Crippen molar-refractivity contribution in [3.05, 3.63) is 33.8 Å². The van der Waals surface area contributed by atoms with E-state index in [9.17, 15) is 4.79 Å². The van der Waals surface area contributed by atoms with E-state index in [1.54, 1.807) is 12.1 Å². The van der Waals surface area contributed by atoms with Crippen LogP contribution < -0.4 is 0 Å². The van der Waals surface area contributed by atoms with E-state index in [2.05, 4.69) is 0 Å². The van der Waals surface area contributed by atoms with Gasteiger partial charge in [-0.2, -0.15) is 0 Å². The first-order valence-corrected chi connectivity index (χ1v) is 5.10. The summed E-state index contributed by atoms with van der Waals surface area (Å²) in [4.78, 5) is 10.7. The van der Waals surface area contributed by atoms with Crippen LogP contribution in [0.25, 0.3) is 0 Å². The normalized spacial score (nSPS) is 11.4. The second-order valence-corrected chi connectivity index (χ2v) is 4.86. The predicted molar refractivity (Wildman–Crippen MR) is 60.0 cm³/mol. The van der Waals surface area contributed by atoms with E-state index in [4.69, 9.17) is 23.2 Å². The number of aldehydes is 1. The molecule has 0 aliphatic heterocycles. The van der Waals surface area contributed by atoms with Gasteiger partial charge in [-0.25, -0.2) is 0 Å². The van der Waals surface area contributed by atoms with Crippen molar-refractivity contribution in [2.75, 3.05) is 0 Å². The van der Waals surface area contributed by atoms with Gasteiger partial charge in [0, 0.05) is 15.5 Å². The summed E-state index contributed by atoms with van der Waals surface area (Å²) in [6, 6.07) is 5.33. The van der Waals surface area contributed by atoms with E-state index >= 15 is 0 Å². The van der Waals surface area contributed by atoms with Gasteiger partial charge >= 0.3 is 0 Å². The van der Waals surface area contributed by atoms with Crippen molar-refractivity contribution in [1.82, 2.24) is 0 Å². The monoisotopic (exact) mass is 230 g/mol. The maximum Gasteiger partial charge on any atom is 0.125 e. The van der Waals surface area contributed by atoms with Crippen molar-refractivity contribution in [2.45, 2.75) is 20.3 Å². The summed E-state index contributed by atoms with van der Waals surface area (Å²) in [5.41, 5.74) is 0.574. The molecule has 0 saturated carbocycles. The van der Waals surface area contributed by atoms with Gasteiger partial charge in [0.2, 0.25) is 0 Å². The molecule has 0 saturated heterocycles. The lowest BCUT2D eigenvalue weighted by molar-refractivity contribution is -0.114. The second-order valence-electron chi connectivity index (χ2n) is 4.02. The zero-order valence-corrected chi connectivity index (χ0v) is 9.69. The van der Waals surface area contributed by atoms with Crippen molar-refractivity contribution in [3.63, 3.8) is 0 Å². The maximum absolute atomic E-state index is 10.7. The van der Waals surface area contributed by atoms with E-state index in [-0.39, 0.29) is 5.41 Å². The molecule has 0 heterocycles. The summed E-state index contributed by atoms with van der Waals surface area (Å²) >= 11 is 11.8. The molecule has 3 heteroatoms. The lowest BCUT2D eigenvalue weighted by atomic mass is 9.87. The molecule has 0 amide bonds. The predicted octanol–water partition coefficient (Wildman–Crippen LogP) is 3.76. The van der Waals surface area contributed by atoms with E-state index in [0.717, 1.165) is 11.8 Å². The number of hydrogen-bond acceptors (Lipinski definition) is 1. The summed E-state index contributed by atoms with van der Waals surface area (Å²) < 4.78 is 0. The minimum absolute atomic E-state index is 0.378. The van der Waals surface area contributed by atoms with Gasteiger partial charge in [0.25, 0.3) is 0 Å². The Morgan fingerprint density at radius 2 is 2.00 bits per heavy atom. The molecule has 1 nitrogen and oxygen atoms in total. The van der Waals surface area contributed by atoms with Gasteiger partial charge < -0.3 is 4.79 Å². The van der Waals surface area contributed by atoms with Gasteiger partial charge in [-0.3, -0.25) is 0 Å². The molecule has 1 aromatic carbocycles. The summed E-state index contributed by atoms with van der Waals surface area (Å²) in [7, 11) is 0. The van der Waals surface area contributed by atoms with Crippen molar-refractivity contribution in [1.29, 1.82) is 0 Å². The van der Waals surface area contributed by atoms with Crippen LogP contribution >= 0.6 is 23.2 Å². The van der Waals surface area contributed by atoms with Gasteiger partial charge in [0.15, 0.2) is 0 Å². The summed E-state index contributed by atoms with van der Waals surface area (Å²) in [5, 5.41) is 1.23. The molecule has 0 radical (unpaired) electrons. The zero-order valence-electron chi connectivity index (χ0n) is 8.18. The molecule has 0 aliphatic rings. The Kier molecular flexibility index (Phi) is 3.57. The van der Waals surface area contributed by atoms with Gasteiger partial charge in [-0.1, -0.05) is 43.1 Å². The van der Waals surface area contributed by atoms with Crippen LogP contribution in [0, 0.1) is 5.41 Å². The molecule has 14 heavy (non-hydrogen) atoms. The molecule has 0 atom stereocenters. The first-order chi connectivity index (χ1) is 6.44. The Morgan fingerprint density at radius 1 is 1.36 bits per heavy atom. The number of halogens is 2. The third-order valence-electron chi connectivity index (χ3n) is 1.98. The molecule has 0 aromatic heterocycles. The fraction of sp³-hybridized carbons (Fsp3) is 0.364. The van der Waals surface area contributed by atoms with Crippen LogP contribution in [0.15, 0.2) is 18.2 Å². The van der Waals surface area contributed by atoms with E-state index in [0.29, 0.717) is 16.5 Å². The molecule has 1 aromatic rings. The van der Waals surface area contributed by atoms with Crippen LogP contribution in [0.2, 0.25) is 10.0 Å². The Morgan fingerprint density at radius 3 is 2.50 bits per heavy atom. The zero-order chi connectivity index (χ0) is 10.8. The van der Waals surface area contributed by atoms with Crippen molar-refractivity contribution >= 4 is 29.5 Å². The Bertz CT molecular complexity index is 345. The first-order valence-electron chi connectivity index (χ1n) is 4.35. The third-order valence-corrected chi connectivity index (χ3v) is 2.57.